The molecule has 8 N–H and O–H groups in total. The highest BCUT2D eigenvalue weighted by Gasteiger charge is 2.32. The Morgan fingerprint density at radius 1 is 0.430 bits per heavy atom. The second-order valence-corrected chi connectivity index (χ2v) is 29.9. The normalized spacial score (nSPS) is 15.7. The van der Waals surface area contributed by atoms with Gasteiger partial charge in [-0.3, -0.25) is 53.3 Å². The number of aromatic nitrogens is 9. The fourth-order valence-corrected chi connectivity index (χ4v) is 9.07. The van der Waals surface area contributed by atoms with Gasteiger partial charge in [-0.1, -0.05) is 51.9 Å². The van der Waals surface area contributed by atoms with E-state index in [1.807, 2.05) is 117 Å². The van der Waals surface area contributed by atoms with Crippen molar-refractivity contribution >= 4 is 41.1 Å². The van der Waals surface area contributed by atoms with E-state index < -0.39 is 56.6 Å². The second-order valence-electron chi connectivity index (χ2n) is 29.5. The molecule has 0 fully saturated rings. The maximum atomic E-state index is 12.9. The number of carbonyl (C=O) groups is 5. The molecule has 5 aliphatic heterocycles. The molecule has 3 aromatic heterocycles. The first-order valence-corrected chi connectivity index (χ1v) is 31.2. The van der Waals surface area contributed by atoms with Gasteiger partial charge >= 0.3 is 17.1 Å². The van der Waals surface area contributed by atoms with Crippen LogP contribution in [0.3, 0.4) is 0 Å². The van der Waals surface area contributed by atoms with Gasteiger partial charge in [0.15, 0.2) is 0 Å². The van der Waals surface area contributed by atoms with Crippen LogP contribution in [-0.2, 0) is 42.1 Å². The smallest absolute Gasteiger partial charge is 0.330 e. The van der Waals surface area contributed by atoms with Gasteiger partial charge in [-0.25, -0.2) is 28.4 Å². The number of aromatic amines is 3. The van der Waals surface area contributed by atoms with Gasteiger partial charge in [-0.15, -0.1) is 0 Å². The molecule has 0 spiro atoms. The van der Waals surface area contributed by atoms with Crippen molar-refractivity contribution in [2.24, 2.45) is 7.05 Å². The van der Waals surface area contributed by atoms with Crippen LogP contribution in [0.25, 0.3) is 0 Å². The Kier molecular flexibility index (Phi) is 31.5. The van der Waals surface area contributed by atoms with Gasteiger partial charge in [0, 0.05) is 83.0 Å². The van der Waals surface area contributed by atoms with Crippen molar-refractivity contribution in [1.29, 1.82) is 0 Å². The summed E-state index contributed by atoms with van der Waals surface area (Å²) in [4.78, 5) is 136. The van der Waals surface area contributed by atoms with Crippen LogP contribution in [0.2, 0.25) is 0 Å². The summed E-state index contributed by atoms with van der Waals surface area (Å²) in [5.41, 5.74) is -1.68. The van der Waals surface area contributed by atoms with Gasteiger partial charge in [0.2, 0.25) is 5.83 Å². The van der Waals surface area contributed by atoms with Crippen molar-refractivity contribution in [3.63, 3.8) is 0 Å². The largest absolute Gasteiger partial charge is 0.345 e. The predicted octanol–water partition coefficient (Wildman–Crippen LogP) is 6.75. The lowest BCUT2D eigenvalue weighted by Crippen LogP contribution is -2.47. The molecule has 0 aromatic carbocycles. The highest BCUT2D eigenvalue weighted by Crippen LogP contribution is 2.28. The summed E-state index contributed by atoms with van der Waals surface area (Å²) in [7, 11) is 1.48. The van der Waals surface area contributed by atoms with E-state index in [-0.39, 0.29) is 63.8 Å². The first-order chi connectivity index (χ1) is 44.5. The topological polar surface area (TPSA) is 365 Å². The zero-order valence-electron chi connectivity index (χ0n) is 62.2. The summed E-state index contributed by atoms with van der Waals surface area (Å²) < 4.78 is 16.5. The lowest BCUT2D eigenvalue weighted by molar-refractivity contribution is -0.120. The molecular weight excluding hydrogens is 1310 g/mol. The third kappa shape index (κ3) is 28.0. The monoisotopic (exact) mass is 1420 g/mol. The van der Waals surface area contributed by atoms with Crippen LogP contribution < -0.4 is 60.3 Å². The van der Waals surface area contributed by atoms with Crippen LogP contribution in [0.5, 0.6) is 0 Å². The molecule has 8 heterocycles. The second kappa shape index (κ2) is 35.0. The zero-order chi connectivity index (χ0) is 77.5. The Bertz CT molecular complexity index is 3980. The van der Waals surface area contributed by atoms with E-state index >= 15 is 0 Å². The molecule has 0 bridgehead atoms. The fourth-order valence-electron chi connectivity index (χ4n) is 8.93. The van der Waals surface area contributed by atoms with E-state index in [0.717, 1.165) is 22.3 Å². The average Bonchev–Trinajstić information content (AvgIpc) is 0.833. The number of nitrogens with zero attached hydrogens (tertiary/aromatic N) is 11. The minimum atomic E-state index is -0.790. The molecule has 0 atom stereocenters. The third-order valence-corrected chi connectivity index (χ3v) is 13.3. The molecule has 0 radical (unpaired) electrons. The molecule has 100 heavy (non-hydrogen) atoms. The minimum absolute atomic E-state index is 0. The summed E-state index contributed by atoms with van der Waals surface area (Å²) >= 11 is 5.70. The van der Waals surface area contributed by atoms with Crippen LogP contribution in [0.1, 0.15) is 178 Å². The Balaban J connectivity index is 0.00000112. The third-order valence-electron chi connectivity index (χ3n) is 13.0. The molecule has 30 nitrogen and oxygen atoms in total. The van der Waals surface area contributed by atoms with Crippen LogP contribution in [0.4, 0.5) is 4.39 Å². The molecule has 554 valence electrons. The Hall–Kier alpha value is -10.2. The van der Waals surface area contributed by atoms with E-state index in [1.165, 1.54) is 35.6 Å². The SMILES string of the molecule is C.C=C1NC(=O)C(Cl)=CN1C(C)(C)C.C=C1NC(=O)C(F)=CN1C(C)(C)C.C=C1NC(=O)C=C(C)N1C(C)(C)C.C=C1NC(=O)C=C(C)N1C(C)(C)C.C=C1NC(=O)C=CN1C(C)(C)C.CC(C)(C)n1ncc(=O)[nH]c1=O.Cc1nn(C(C)(C)C)c(=O)[nH]c1=O.Cc1nn(C)c(=O)[nH]c1=O. The highest BCUT2D eigenvalue weighted by molar-refractivity contribution is 6.42. The van der Waals surface area contributed by atoms with Crippen LogP contribution >= 0.6 is 11.6 Å². The van der Waals surface area contributed by atoms with Gasteiger partial charge in [0.1, 0.15) is 51.7 Å². The van der Waals surface area contributed by atoms with E-state index in [9.17, 15) is 57.1 Å². The summed E-state index contributed by atoms with van der Waals surface area (Å²) in [6.45, 7) is 67.1. The van der Waals surface area contributed by atoms with Crippen LogP contribution in [0.15, 0.2) is 156 Å². The van der Waals surface area contributed by atoms with Crippen molar-refractivity contribution in [1.82, 2.24) is 95.4 Å². The molecule has 0 saturated carbocycles. The van der Waals surface area contributed by atoms with Gasteiger partial charge in [-0.2, -0.15) is 19.7 Å². The molecule has 3 aromatic rings. The minimum Gasteiger partial charge on any atom is -0.330 e. The first-order valence-electron chi connectivity index (χ1n) is 30.9. The van der Waals surface area contributed by atoms with Crippen molar-refractivity contribution in [2.45, 2.75) is 219 Å². The van der Waals surface area contributed by atoms with Crippen LogP contribution in [-0.4, -0.2) is 126 Å². The van der Waals surface area contributed by atoms with E-state index in [4.69, 9.17) is 11.6 Å². The maximum Gasteiger partial charge on any atom is 0.345 e. The molecule has 5 aliphatic rings. The molecule has 32 heteroatoms. The van der Waals surface area contributed by atoms with E-state index in [0.29, 0.717) is 40.5 Å². The van der Waals surface area contributed by atoms with Gasteiger partial charge in [0.25, 0.3) is 46.2 Å². The van der Waals surface area contributed by atoms with Gasteiger partial charge < -0.3 is 51.1 Å². The van der Waals surface area contributed by atoms with E-state index in [2.05, 4.69) is 152 Å². The number of carbonyl (C=O) groups excluding carboxylic acids is 5. The van der Waals surface area contributed by atoms with Crippen molar-refractivity contribution < 1.29 is 28.4 Å². The molecular formula is C68H107ClFN19O11. The predicted molar refractivity (Wildman–Crippen MR) is 389 cm³/mol. The lowest BCUT2D eigenvalue weighted by Gasteiger charge is -2.41. The standard InChI is InChI=1S/2C10H16N2O.C9H13ClN2O.C9H13FN2O.C9H14N2O.C8H13N3O2.C7H11N3O2.C5H7N3O2.CH4/c2*1-7-6-9(13)11-8(2)12(7)10(3,4)5;2*1-6-11-8(13)7(10)5-12(6)9(2,3)4;1-7-10-8(12)5-6-11(7)9(2,3)4;1-5-6(12)9-7(13)11(10-5)8(2,3)4;1-7(2,3)10-6(12)9-5(11)4-8-10;1-3-4(9)6-5(10)8(2)7-3;/h2*6H,2H2,1,3-5H3,(H,11,13);2*5H,1H2,2-4H3,(H,11,13);5-6H,1H2,2-4H3,(H,10,12);1-4H3,(H,9,12,13);4H,1-3H3,(H,9,11,12);1-2H3,(H,6,9,10);1H4. The van der Waals surface area contributed by atoms with Crippen LogP contribution in [0, 0.1) is 13.8 Å². The highest BCUT2D eigenvalue weighted by atomic mass is 35.5. The number of H-pyrrole nitrogens is 3. The molecule has 8 rings (SSSR count). The number of allylic oxidation sites excluding steroid dienone is 2. The molecule has 0 unspecified atom stereocenters. The summed E-state index contributed by atoms with van der Waals surface area (Å²) in [5.74, 6) is 0.775. The van der Waals surface area contributed by atoms with E-state index in [1.54, 1.807) is 36.4 Å². The fraction of sp³-hybridized carbons (Fsp3) is 0.500. The van der Waals surface area contributed by atoms with Crippen molar-refractivity contribution in [3.05, 3.63) is 201 Å². The molecule has 0 aliphatic carbocycles. The Morgan fingerprint density at radius 3 is 1.15 bits per heavy atom. The maximum absolute atomic E-state index is 12.9. The number of nitrogens with one attached hydrogen (secondary N) is 8. The Morgan fingerprint density at radius 2 is 0.790 bits per heavy atom. The number of rotatable bonds is 0. The first kappa shape index (κ1) is 89.8. The summed E-state index contributed by atoms with van der Waals surface area (Å²) in [6.07, 6.45) is 10.3. The average molecular weight is 1420 g/mol. The number of amides is 5. The number of aryl methyl sites for hydroxylation is 3. The lowest BCUT2D eigenvalue weighted by atomic mass is 10.0. The molecule has 5 amide bonds. The van der Waals surface area contributed by atoms with Gasteiger partial charge in [0.05, 0.1) is 11.1 Å². The Labute approximate surface area is 590 Å². The molecule has 0 saturated heterocycles. The quantitative estimate of drug-likeness (QED) is 0.115. The number of hydrogen-bond donors (Lipinski definition) is 8. The van der Waals surface area contributed by atoms with Gasteiger partial charge in [-0.05, 0) is 173 Å². The van der Waals surface area contributed by atoms with Crippen molar-refractivity contribution in [3.8, 4) is 0 Å². The van der Waals surface area contributed by atoms with Crippen molar-refractivity contribution in [2.75, 3.05) is 0 Å². The number of hydrogen-bond acceptors (Lipinski definition) is 19. The summed E-state index contributed by atoms with van der Waals surface area (Å²) in [5, 5.41) is 24.3. The summed E-state index contributed by atoms with van der Waals surface area (Å²) in [6, 6.07) is 0. The number of halogens is 2. The zero-order valence-corrected chi connectivity index (χ0v) is 63.0.